The van der Waals surface area contributed by atoms with E-state index < -0.39 is 0 Å². The number of fused-ring (bicyclic) bond motifs is 1. The maximum atomic E-state index is 12.0. The lowest BCUT2D eigenvalue weighted by atomic mass is 10.1. The lowest BCUT2D eigenvalue weighted by Gasteiger charge is -2.01. The van der Waals surface area contributed by atoms with Crippen molar-refractivity contribution in [3.05, 3.63) is 58.9 Å². The zero-order chi connectivity index (χ0) is 15.5. The topological polar surface area (TPSA) is 60.4 Å². The second kappa shape index (κ2) is 6.15. The van der Waals surface area contributed by atoms with Crippen LogP contribution < -0.4 is 5.73 Å². The Labute approximate surface area is 132 Å². The number of hydrogen-bond donors (Lipinski definition) is 1. The number of para-hydroxylation sites is 1. The van der Waals surface area contributed by atoms with Gasteiger partial charge in [-0.1, -0.05) is 36.5 Å². The Morgan fingerprint density at radius 1 is 1.36 bits per heavy atom. The van der Waals surface area contributed by atoms with Crippen molar-refractivity contribution < 1.29 is 4.79 Å². The van der Waals surface area contributed by atoms with Crippen molar-refractivity contribution in [2.24, 2.45) is 0 Å². The van der Waals surface area contributed by atoms with Gasteiger partial charge in [0.2, 0.25) is 0 Å². The average Bonchev–Trinajstić information content (AvgIpc) is 3.05. The van der Waals surface area contributed by atoms with E-state index in [-0.39, 0.29) is 5.78 Å². The van der Waals surface area contributed by atoms with E-state index in [0.29, 0.717) is 12.1 Å². The van der Waals surface area contributed by atoms with Gasteiger partial charge in [-0.25, -0.2) is 4.98 Å². The SMILES string of the molecule is CCc1cn2cc(/C=C/C(=O)Cc3ccccc3N)sc2n1. The normalized spacial score (nSPS) is 11.5. The van der Waals surface area contributed by atoms with E-state index in [1.54, 1.807) is 17.4 Å². The highest BCUT2D eigenvalue weighted by Crippen LogP contribution is 2.20. The molecule has 2 N–H and O–H groups in total. The van der Waals surface area contributed by atoms with E-state index in [9.17, 15) is 4.79 Å². The number of rotatable bonds is 5. The number of nitrogen functional groups attached to an aromatic ring is 1. The summed E-state index contributed by atoms with van der Waals surface area (Å²) in [5, 5.41) is 0. The van der Waals surface area contributed by atoms with Crippen molar-refractivity contribution in [1.29, 1.82) is 0 Å². The Morgan fingerprint density at radius 2 is 2.18 bits per heavy atom. The highest BCUT2D eigenvalue weighted by Gasteiger charge is 2.05. The molecular formula is C17H17N3OS. The van der Waals surface area contributed by atoms with E-state index in [1.807, 2.05) is 47.1 Å². The van der Waals surface area contributed by atoms with E-state index in [2.05, 4.69) is 11.9 Å². The number of nitrogens with two attached hydrogens (primary N) is 1. The van der Waals surface area contributed by atoms with Gasteiger partial charge < -0.3 is 5.73 Å². The van der Waals surface area contributed by atoms with Crippen molar-refractivity contribution >= 4 is 33.8 Å². The minimum absolute atomic E-state index is 0.0400. The number of allylic oxidation sites excluding steroid dienone is 1. The number of ketones is 1. The molecule has 0 saturated carbocycles. The molecule has 3 aromatic rings. The van der Waals surface area contributed by atoms with Crippen molar-refractivity contribution in [2.75, 3.05) is 5.73 Å². The first-order chi connectivity index (χ1) is 10.7. The highest BCUT2D eigenvalue weighted by molar-refractivity contribution is 7.17. The quantitative estimate of drug-likeness (QED) is 0.580. The molecule has 0 amide bonds. The predicted molar refractivity (Wildman–Crippen MR) is 91.0 cm³/mol. The Balaban J connectivity index is 1.70. The summed E-state index contributed by atoms with van der Waals surface area (Å²) in [6.07, 6.45) is 8.72. The molecule has 4 nitrogen and oxygen atoms in total. The highest BCUT2D eigenvalue weighted by atomic mass is 32.1. The van der Waals surface area contributed by atoms with Gasteiger partial charge in [-0.2, -0.15) is 0 Å². The maximum Gasteiger partial charge on any atom is 0.194 e. The van der Waals surface area contributed by atoms with Crippen LogP contribution in [-0.4, -0.2) is 15.2 Å². The van der Waals surface area contributed by atoms with E-state index >= 15 is 0 Å². The zero-order valence-corrected chi connectivity index (χ0v) is 13.1. The molecule has 5 heteroatoms. The molecule has 22 heavy (non-hydrogen) atoms. The molecule has 0 aliphatic carbocycles. The Bertz CT molecular complexity index is 813. The maximum absolute atomic E-state index is 12.0. The van der Waals surface area contributed by atoms with Crippen molar-refractivity contribution in [3.8, 4) is 0 Å². The third kappa shape index (κ3) is 3.09. The molecule has 0 unspecified atom stereocenters. The van der Waals surface area contributed by atoms with E-state index in [0.717, 1.165) is 27.5 Å². The largest absolute Gasteiger partial charge is 0.398 e. The lowest BCUT2D eigenvalue weighted by Crippen LogP contribution is -2.01. The van der Waals surface area contributed by atoms with Gasteiger partial charge >= 0.3 is 0 Å². The molecule has 2 aromatic heterocycles. The number of aromatic nitrogens is 2. The average molecular weight is 311 g/mol. The molecule has 1 aromatic carbocycles. The summed E-state index contributed by atoms with van der Waals surface area (Å²) in [7, 11) is 0. The first-order valence-electron chi connectivity index (χ1n) is 7.17. The summed E-state index contributed by atoms with van der Waals surface area (Å²) in [5.74, 6) is 0.0400. The van der Waals surface area contributed by atoms with Crippen LogP contribution in [0.5, 0.6) is 0 Å². The van der Waals surface area contributed by atoms with Gasteiger partial charge in [0, 0.05) is 29.4 Å². The monoisotopic (exact) mass is 311 g/mol. The molecule has 0 fully saturated rings. The number of aryl methyl sites for hydroxylation is 1. The van der Waals surface area contributed by atoms with E-state index in [1.165, 1.54) is 0 Å². The van der Waals surface area contributed by atoms with Crippen LogP contribution in [0, 0.1) is 0 Å². The first kappa shape index (κ1) is 14.5. The van der Waals surface area contributed by atoms with Crippen LogP contribution in [0.1, 0.15) is 23.1 Å². The smallest absolute Gasteiger partial charge is 0.194 e. The fraction of sp³-hybridized carbons (Fsp3) is 0.176. The number of carbonyl (C=O) groups is 1. The molecule has 0 aliphatic rings. The van der Waals surface area contributed by atoms with Crippen LogP contribution in [0.25, 0.3) is 11.0 Å². The van der Waals surface area contributed by atoms with Crippen LogP contribution in [0.15, 0.2) is 42.7 Å². The van der Waals surface area contributed by atoms with Gasteiger partial charge in [0.1, 0.15) is 0 Å². The van der Waals surface area contributed by atoms with Crippen LogP contribution >= 0.6 is 11.3 Å². The van der Waals surface area contributed by atoms with Crippen LogP contribution in [-0.2, 0) is 17.6 Å². The summed E-state index contributed by atoms with van der Waals surface area (Å²) in [5.41, 5.74) is 8.46. The summed E-state index contributed by atoms with van der Waals surface area (Å²) in [6.45, 7) is 2.08. The fourth-order valence-electron chi connectivity index (χ4n) is 2.23. The number of nitrogens with zero attached hydrogens (tertiary/aromatic N) is 2. The Hall–Kier alpha value is -2.40. The summed E-state index contributed by atoms with van der Waals surface area (Å²) < 4.78 is 2.00. The van der Waals surface area contributed by atoms with Crippen molar-refractivity contribution in [2.45, 2.75) is 19.8 Å². The second-order valence-electron chi connectivity index (χ2n) is 5.08. The molecular weight excluding hydrogens is 294 g/mol. The molecule has 0 spiro atoms. The minimum Gasteiger partial charge on any atom is -0.398 e. The molecule has 0 radical (unpaired) electrons. The number of anilines is 1. The molecule has 0 aliphatic heterocycles. The Morgan fingerprint density at radius 3 is 2.91 bits per heavy atom. The summed E-state index contributed by atoms with van der Waals surface area (Å²) >= 11 is 1.57. The second-order valence-corrected chi connectivity index (χ2v) is 6.13. The standard InChI is InChI=1S/C17H17N3OS/c1-2-13-10-20-11-15(22-17(20)19-13)8-7-14(21)9-12-5-3-4-6-16(12)18/h3-8,10-11H,2,9,18H2,1H3/b8-7+. The van der Waals surface area contributed by atoms with Gasteiger partial charge in [0.15, 0.2) is 10.7 Å². The predicted octanol–water partition coefficient (Wildman–Crippen LogP) is 3.37. The van der Waals surface area contributed by atoms with Gasteiger partial charge in [-0.3, -0.25) is 9.20 Å². The molecule has 0 bridgehead atoms. The lowest BCUT2D eigenvalue weighted by molar-refractivity contribution is -0.113. The Kier molecular flexibility index (Phi) is 4.06. The first-order valence-corrected chi connectivity index (χ1v) is 7.99. The summed E-state index contributed by atoms with van der Waals surface area (Å²) in [4.78, 5) is 18.5. The zero-order valence-electron chi connectivity index (χ0n) is 12.3. The third-order valence-corrected chi connectivity index (χ3v) is 4.40. The van der Waals surface area contributed by atoms with Crippen LogP contribution in [0.4, 0.5) is 5.69 Å². The van der Waals surface area contributed by atoms with Gasteiger partial charge in [-0.05, 0) is 30.2 Å². The van der Waals surface area contributed by atoms with Crippen molar-refractivity contribution in [1.82, 2.24) is 9.38 Å². The van der Waals surface area contributed by atoms with Gasteiger partial charge in [0.25, 0.3) is 0 Å². The van der Waals surface area contributed by atoms with Crippen LogP contribution in [0.3, 0.4) is 0 Å². The van der Waals surface area contributed by atoms with Gasteiger partial charge in [-0.15, -0.1) is 0 Å². The number of thiazole rings is 1. The minimum atomic E-state index is 0.0400. The fourth-order valence-corrected chi connectivity index (χ4v) is 3.11. The molecule has 0 atom stereocenters. The molecule has 112 valence electrons. The number of imidazole rings is 1. The molecule has 0 saturated heterocycles. The van der Waals surface area contributed by atoms with Crippen LogP contribution in [0.2, 0.25) is 0 Å². The summed E-state index contributed by atoms with van der Waals surface area (Å²) in [6, 6.07) is 7.45. The van der Waals surface area contributed by atoms with E-state index in [4.69, 9.17) is 5.73 Å². The molecule has 3 rings (SSSR count). The third-order valence-electron chi connectivity index (χ3n) is 3.44. The number of carbonyl (C=O) groups excluding carboxylic acids is 1. The number of hydrogen-bond acceptors (Lipinski definition) is 4. The molecule has 2 heterocycles. The van der Waals surface area contributed by atoms with Crippen molar-refractivity contribution in [3.63, 3.8) is 0 Å². The van der Waals surface area contributed by atoms with Gasteiger partial charge in [0.05, 0.1) is 5.69 Å². The number of benzene rings is 1.